The average molecular weight is 263 g/mol. The third-order valence-electron chi connectivity index (χ3n) is 1.81. The SMILES string of the molecule is CC(C)(C)NC(O)CC(SC(C)(C)C)C(=O)O. The van der Waals surface area contributed by atoms with Gasteiger partial charge >= 0.3 is 5.97 Å². The van der Waals surface area contributed by atoms with E-state index in [0.29, 0.717) is 0 Å². The van der Waals surface area contributed by atoms with Crippen molar-refractivity contribution in [1.29, 1.82) is 0 Å². The number of aliphatic carboxylic acids is 1. The number of aliphatic hydroxyl groups excluding tert-OH is 1. The fraction of sp³-hybridized carbons (Fsp3) is 0.917. The van der Waals surface area contributed by atoms with E-state index < -0.39 is 17.4 Å². The summed E-state index contributed by atoms with van der Waals surface area (Å²) in [5.41, 5.74) is -0.227. The van der Waals surface area contributed by atoms with Gasteiger partial charge in [-0.25, -0.2) is 0 Å². The highest BCUT2D eigenvalue weighted by Crippen LogP contribution is 2.30. The number of carbonyl (C=O) groups is 1. The quantitative estimate of drug-likeness (QED) is 0.662. The van der Waals surface area contributed by atoms with Crippen LogP contribution >= 0.6 is 11.8 Å². The van der Waals surface area contributed by atoms with Crippen LogP contribution in [0.2, 0.25) is 0 Å². The van der Waals surface area contributed by atoms with Crippen molar-refractivity contribution in [3.8, 4) is 0 Å². The second-order valence-corrected chi connectivity index (χ2v) is 8.23. The molecule has 0 amide bonds. The summed E-state index contributed by atoms with van der Waals surface area (Å²) in [6.45, 7) is 11.7. The van der Waals surface area contributed by atoms with Crippen LogP contribution in [0.1, 0.15) is 48.0 Å². The highest BCUT2D eigenvalue weighted by molar-refractivity contribution is 8.01. The number of thioether (sulfide) groups is 1. The fourth-order valence-electron chi connectivity index (χ4n) is 1.39. The molecule has 0 radical (unpaired) electrons. The molecule has 0 aromatic rings. The number of hydrogen-bond acceptors (Lipinski definition) is 4. The number of carboxylic acids is 1. The highest BCUT2D eigenvalue weighted by atomic mass is 32.2. The first-order chi connectivity index (χ1) is 7.41. The van der Waals surface area contributed by atoms with Crippen molar-refractivity contribution in [3.63, 3.8) is 0 Å². The molecule has 2 atom stereocenters. The monoisotopic (exact) mass is 263 g/mol. The molecule has 0 aromatic heterocycles. The van der Waals surface area contributed by atoms with Gasteiger partial charge in [-0.3, -0.25) is 10.1 Å². The second kappa shape index (κ2) is 6.07. The number of nitrogens with one attached hydrogen (secondary N) is 1. The van der Waals surface area contributed by atoms with E-state index in [0.717, 1.165) is 0 Å². The summed E-state index contributed by atoms with van der Waals surface area (Å²) in [6.07, 6.45) is -0.597. The molecule has 0 spiro atoms. The Balaban J connectivity index is 4.41. The van der Waals surface area contributed by atoms with Crippen molar-refractivity contribution in [2.45, 2.75) is 69.7 Å². The minimum absolute atomic E-state index is 0.134. The van der Waals surface area contributed by atoms with E-state index >= 15 is 0 Å². The molecular formula is C12H25NO3S. The summed E-state index contributed by atoms with van der Waals surface area (Å²) in [4.78, 5) is 11.1. The number of rotatable bonds is 5. The molecule has 0 aromatic carbocycles. The lowest BCUT2D eigenvalue weighted by Crippen LogP contribution is -2.45. The minimum atomic E-state index is -0.875. The van der Waals surface area contributed by atoms with Crippen LogP contribution in [0.4, 0.5) is 0 Å². The van der Waals surface area contributed by atoms with Gasteiger partial charge in [0.2, 0.25) is 0 Å². The van der Waals surface area contributed by atoms with Crippen LogP contribution in [0, 0.1) is 0 Å². The summed E-state index contributed by atoms with van der Waals surface area (Å²) in [5, 5.41) is 21.3. The second-order valence-electron chi connectivity index (χ2n) is 6.20. The topological polar surface area (TPSA) is 69.6 Å². The van der Waals surface area contributed by atoms with Crippen LogP contribution in [0.25, 0.3) is 0 Å². The lowest BCUT2D eigenvalue weighted by molar-refractivity contribution is -0.137. The van der Waals surface area contributed by atoms with Crippen LogP contribution in [-0.2, 0) is 4.79 Å². The van der Waals surface area contributed by atoms with E-state index in [1.54, 1.807) is 0 Å². The Bertz CT molecular complexity index is 255. The lowest BCUT2D eigenvalue weighted by Gasteiger charge is -2.28. The molecule has 0 saturated heterocycles. The zero-order valence-corrected chi connectivity index (χ0v) is 12.4. The zero-order valence-electron chi connectivity index (χ0n) is 11.6. The molecule has 5 heteroatoms. The first kappa shape index (κ1) is 16.7. The Morgan fingerprint density at radius 3 is 2.00 bits per heavy atom. The maximum atomic E-state index is 11.1. The first-order valence-electron chi connectivity index (χ1n) is 5.77. The van der Waals surface area contributed by atoms with Gasteiger partial charge in [0.25, 0.3) is 0 Å². The third kappa shape index (κ3) is 9.44. The van der Waals surface area contributed by atoms with Crippen molar-refractivity contribution in [2.24, 2.45) is 0 Å². The average Bonchev–Trinajstić information content (AvgIpc) is 1.95. The fourth-order valence-corrected chi connectivity index (χ4v) is 2.62. The maximum absolute atomic E-state index is 11.1. The van der Waals surface area contributed by atoms with E-state index in [4.69, 9.17) is 5.11 Å². The molecule has 0 rings (SSSR count). The lowest BCUT2D eigenvalue weighted by atomic mass is 10.1. The van der Waals surface area contributed by atoms with Crippen molar-refractivity contribution in [3.05, 3.63) is 0 Å². The van der Waals surface area contributed by atoms with Crippen LogP contribution in [0.15, 0.2) is 0 Å². The molecule has 4 nitrogen and oxygen atoms in total. The molecule has 0 heterocycles. The number of hydrogen-bond donors (Lipinski definition) is 3. The molecule has 102 valence electrons. The Kier molecular flexibility index (Phi) is 5.98. The van der Waals surface area contributed by atoms with Crippen LogP contribution in [0.5, 0.6) is 0 Å². The highest BCUT2D eigenvalue weighted by Gasteiger charge is 2.28. The Morgan fingerprint density at radius 1 is 1.24 bits per heavy atom. The molecule has 17 heavy (non-hydrogen) atoms. The number of aliphatic hydroxyl groups is 1. The predicted octanol–water partition coefficient (Wildman–Crippen LogP) is 2.07. The van der Waals surface area contributed by atoms with Crippen molar-refractivity contribution in [2.75, 3.05) is 0 Å². The van der Waals surface area contributed by atoms with Gasteiger partial charge < -0.3 is 10.2 Å². The summed E-state index contributed by atoms with van der Waals surface area (Å²) in [6, 6.07) is 0. The molecule has 0 fully saturated rings. The van der Waals surface area contributed by atoms with Crippen molar-refractivity contribution < 1.29 is 15.0 Å². The Hall–Kier alpha value is -0.260. The van der Waals surface area contributed by atoms with Gasteiger partial charge in [-0.2, -0.15) is 0 Å². The van der Waals surface area contributed by atoms with Gasteiger partial charge in [-0.15, -0.1) is 11.8 Å². The van der Waals surface area contributed by atoms with E-state index in [2.05, 4.69) is 5.32 Å². The maximum Gasteiger partial charge on any atom is 0.316 e. The molecule has 0 saturated carbocycles. The smallest absolute Gasteiger partial charge is 0.316 e. The third-order valence-corrected chi connectivity index (χ3v) is 3.19. The van der Waals surface area contributed by atoms with E-state index in [-0.39, 0.29) is 16.7 Å². The Morgan fingerprint density at radius 2 is 1.71 bits per heavy atom. The molecule has 0 aliphatic heterocycles. The standard InChI is InChI=1S/C12H25NO3S/c1-11(2,3)13-9(14)7-8(10(15)16)17-12(4,5)6/h8-9,13-14H,7H2,1-6H3,(H,15,16). The summed E-state index contributed by atoms with van der Waals surface area (Å²) < 4.78 is -0.134. The normalized spacial score (nSPS) is 16.6. The first-order valence-corrected chi connectivity index (χ1v) is 6.65. The summed E-state index contributed by atoms with van der Waals surface area (Å²) >= 11 is 1.36. The van der Waals surface area contributed by atoms with Gasteiger partial charge in [0.05, 0.1) is 0 Å². The largest absolute Gasteiger partial charge is 0.480 e. The molecular weight excluding hydrogens is 238 g/mol. The van der Waals surface area contributed by atoms with Crippen LogP contribution in [0.3, 0.4) is 0 Å². The van der Waals surface area contributed by atoms with Crippen molar-refractivity contribution >= 4 is 17.7 Å². The molecule has 0 aliphatic rings. The van der Waals surface area contributed by atoms with Gasteiger partial charge in [0, 0.05) is 16.7 Å². The molecule has 0 aliphatic carbocycles. The predicted molar refractivity (Wildman–Crippen MR) is 72.3 cm³/mol. The van der Waals surface area contributed by atoms with Gasteiger partial charge in [-0.05, 0) is 20.8 Å². The minimum Gasteiger partial charge on any atom is -0.480 e. The summed E-state index contributed by atoms with van der Waals surface area (Å²) in [7, 11) is 0. The van der Waals surface area contributed by atoms with Crippen molar-refractivity contribution in [1.82, 2.24) is 5.32 Å². The molecule has 0 bridgehead atoms. The Labute approximate surface area is 108 Å². The summed E-state index contributed by atoms with van der Waals surface area (Å²) in [5.74, 6) is -0.875. The molecule has 2 unspecified atom stereocenters. The molecule has 3 N–H and O–H groups in total. The van der Waals surface area contributed by atoms with E-state index in [1.807, 2.05) is 41.5 Å². The van der Waals surface area contributed by atoms with E-state index in [9.17, 15) is 9.90 Å². The van der Waals surface area contributed by atoms with Crippen LogP contribution in [-0.4, -0.2) is 37.9 Å². The van der Waals surface area contributed by atoms with E-state index in [1.165, 1.54) is 11.8 Å². The van der Waals surface area contributed by atoms with Crippen LogP contribution < -0.4 is 5.32 Å². The number of carboxylic acid groups (broad SMARTS) is 1. The van der Waals surface area contributed by atoms with Gasteiger partial charge in [0.1, 0.15) is 11.5 Å². The van der Waals surface area contributed by atoms with Gasteiger partial charge in [-0.1, -0.05) is 20.8 Å². The van der Waals surface area contributed by atoms with Gasteiger partial charge in [0.15, 0.2) is 0 Å². The zero-order chi connectivity index (χ0) is 13.9.